The largest absolute Gasteiger partial charge is 0.467 e. The quantitative estimate of drug-likeness (QED) is 0.610. The summed E-state index contributed by atoms with van der Waals surface area (Å²) in [5.41, 5.74) is 5.36. The van der Waals surface area contributed by atoms with Gasteiger partial charge < -0.3 is 15.8 Å². The summed E-state index contributed by atoms with van der Waals surface area (Å²) in [6.07, 6.45) is 0. The first-order valence-corrected chi connectivity index (χ1v) is 4.54. The smallest absolute Gasteiger partial charge is 0.328 e. The number of hydrogen-bond acceptors (Lipinski definition) is 4. The Bertz CT molecular complexity index is 214. The normalized spacial score (nSPS) is 14.7. The summed E-state index contributed by atoms with van der Waals surface area (Å²) in [7, 11) is 1.29. The number of hydrogen-bond donors (Lipinski definition) is 2. The van der Waals surface area contributed by atoms with Crippen molar-refractivity contribution < 1.29 is 14.3 Å². The van der Waals surface area contributed by atoms with Gasteiger partial charge in [-0.1, -0.05) is 13.8 Å². The Morgan fingerprint density at radius 2 is 1.79 bits per heavy atom. The van der Waals surface area contributed by atoms with Crippen LogP contribution in [0.15, 0.2) is 0 Å². The third-order valence-corrected chi connectivity index (χ3v) is 1.83. The SMILES string of the molecule is COC(=O)C(NC(=O)[C@H](C)N)C(C)C. The highest BCUT2D eigenvalue weighted by Crippen LogP contribution is 2.03. The Kier molecular flexibility index (Phi) is 5.15. The maximum Gasteiger partial charge on any atom is 0.328 e. The zero-order valence-corrected chi connectivity index (χ0v) is 9.03. The van der Waals surface area contributed by atoms with Crippen molar-refractivity contribution in [2.24, 2.45) is 11.7 Å². The average molecular weight is 202 g/mol. The summed E-state index contributed by atoms with van der Waals surface area (Å²) in [6.45, 7) is 5.20. The maximum atomic E-state index is 11.2. The minimum absolute atomic E-state index is 0.0230. The average Bonchev–Trinajstić information content (AvgIpc) is 2.11. The molecule has 2 atom stereocenters. The second kappa shape index (κ2) is 5.59. The fourth-order valence-electron chi connectivity index (χ4n) is 0.909. The first-order valence-electron chi connectivity index (χ1n) is 4.54. The van der Waals surface area contributed by atoms with E-state index in [1.807, 2.05) is 13.8 Å². The van der Waals surface area contributed by atoms with Crippen LogP contribution >= 0.6 is 0 Å². The molecule has 82 valence electrons. The van der Waals surface area contributed by atoms with Crippen LogP contribution < -0.4 is 11.1 Å². The van der Waals surface area contributed by atoms with E-state index >= 15 is 0 Å². The van der Waals surface area contributed by atoms with Gasteiger partial charge in [0, 0.05) is 0 Å². The Balaban J connectivity index is 4.38. The molecule has 0 spiro atoms. The number of ether oxygens (including phenoxy) is 1. The summed E-state index contributed by atoms with van der Waals surface area (Å²) in [6, 6.07) is -1.25. The van der Waals surface area contributed by atoms with E-state index in [2.05, 4.69) is 10.1 Å². The minimum atomic E-state index is -0.626. The minimum Gasteiger partial charge on any atom is -0.467 e. The lowest BCUT2D eigenvalue weighted by molar-refractivity contribution is -0.146. The zero-order valence-electron chi connectivity index (χ0n) is 9.03. The van der Waals surface area contributed by atoms with Gasteiger partial charge in [-0.15, -0.1) is 0 Å². The van der Waals surface area contributed by atoms with Gasteiger partial charge in [-0.25, -0.2) is 4.79 Å². The van der Waals surface area contributed by atoms with Crippen LogP contribution in [-0.4, -0.2) is 31.1 Å². The van der Waals surface area contributed by atoms with E-state index in [1.54, 1.807) is 6.92 Å². The molecule has 0 aromatic carbocycles. The molecule has 0 aromatic heterocycles. The van der Waals surface area contributed by atoms with Crippen molar-refractivity contribution in [2.45, 2.75) is 32.9 Å². The molecule has 14 heavy (non-hydrogen) atoms. The second-order valence-electron chi connectivity index (χ2n) is 3.54. The molecule has 5 heteroatoms. The van der Waals surface area contributed by atoms with Gasteiger partial charge in [-0.3, -0.25) is 4.79 Å². The van der Waals surface area contributed by atoms with Crippen molar-refractivity contribution in [1.29, 1.82) is 0 Å². The summed E-state index contributed by atoms with van der Waals surface area (Å²) < 4.78 is 4.56. The molecule has 0 rings (SSSR count). The van der Waals surface area contributed by atoms with Crippen LogP contribution in [-0.2, 0) is 14.3 Å². The van der Waals surface area contributed by atoms with E-state index in [0.717, 1.165) is 0 Å². The van der Waals surface area contributed by atoms with Crippen molar-refractivity contribution in [3.63, 3.8) is 0 Å². The van der Waals surface area contributed by atoms with E-state index in [0.29, 0.717) is 0 Å². The Morgan fingerprint density at radius 1 is 1.29 bits per heavy atom. The summed E-state index contributed by atoms with van der Waals surface area (Å²) in [4.78, 5) is 22.5. The molecule has 0 aliphatic carbocycles. The van der Waals surface area contributed by atoms with E-state index < -0.39 is 18.1 Å². The number of carbonyl (C=O) groups is 2. The fraction of sp³-hybridized carbons (Fsp3) is 0.778. The molecular formula is C9H18N2O3. The Morgan fingerprint density at radius 3 is 2.07 bits per heavy atom. The molecule has 0 saturated carbocycles. The topological polar surface area (TPSA) is 81.4 Å². The highest BCUT2D eigenvalue weighted by molar-refractivity contribution is 5.87. The third kappa shape index (κ3) is 3.74. The molecule has 0 bridgehead atoms. The van der Waals surface area contributed by atoms with Crippen molar-refractivity contribution in [3.8, 4) is 0 Å². The summed E-state index contributed by atoms with van der Waals surface area (Å²) in [5, 5.41) is 2.53. The number of nitrogens with one attached hydrogen (secondary N) is 1. The third-order valence-electron chi connectivity index (χ3n) is 1.83. The first-order chi connectivity index (χ1) is 6.40. The highest BCUT2D eigenvalue weighted by Gasteiger charge is 2.25. The van der Waals surface area contributed by atoms with Gasteiger partial charge >= 0.3 is 5.97 Å². The lowest BCUT2D eigenvalue weighted by Gasteiger charge is -2.20. The monoisotopic (exact) mass is 202 g/mol. The van der Waals surface area contributed by atoms with Crippen LogP contribution in [0.1, 0.15) is 20.8 Å². The van der Waals surface area contributed by atoms with Crippen LogP contribution in [0.25, 0.3) is 0 Å². The van der Waals surface area contributed by atoms with Crippen molar-refractivity contribution >= 4 is 11.9 Å². The van der Waals surface area contributed by atoms with E-state index in [1.165, 1.54) is 7.11 Å². The van der Waals surface area contributed by atoms with E-state index in [4.69, 9.17) is 5.73 Å². The molecule has 1 amide bonds. The maximum absolute atomic E-state index is 11.2. The van der Waals surface area contributed by atoms with Crippen LogP contribution in [0.4, 0.5) is 0 Å². The van der Waals surface area contributed by atoms with Gasteiger partial charge in [0.25, 0.3) is 0 Å². The van der Waals surface area contributed by atoms with Crippen LogP contribution in [0.3, 0.4) is 0 Å². The van der Waals surface area contributed by atoms with Gasteiger partial charge in [0.05, 0.1) is 13.2 Å². The van der Waals surface area contributed by atoms with Gasteiger partial charge in [-0.05, 0) is 12.8 Å². The fourth-order valence-corrected chi connectivity index (χ4v) is 0.909. The van der Waals surface area contributed by atoms with E-state index in [9.17, 15) is 9.59 Å². The molecule has 0 aliphatic heterocycles. The van der Waals surface area contributed by atoms with Gasteiger partial charge in [0.2, 0.25) is 5.91 Å². The predicted molar refractivity (Wildman–Crippen MR) is 52.4 cm³/mol. The van der Waals surface area contributed by atoms with Crippen LogP contribution in [0, 0.1) is 5.92 Å². The molecule has 0 fully saturated rings. The van der Waals surface area contributed by atoms with E-state index in [-0.39, 0.29) is 11.8 Å². The standard InChI is InChI=1S/C9H18N2O3/c1-5(2)7(9(13)14-4)11-8(12)6(3)10/h5-7H,10H2,1-4H3,(H,11,12)/t6-,7?/m0/s1. The van der Waals surface area contributed by atoms with Crippen molar-refractivity contribution in [1.82, 2.24) is 5.32 Å². The highest BCUT2D eigenvalue weighted by atomic mass is 16.5. The zero-order chi connectivity index (χ0) is 11.3. The lowest BCUT2D eigenvalue weighted by Crippen LogP contribution is -2.50. The Hall–Kier alpha value is -1.10. The number of amides is 1. The van der Waals surface area contributed by atoms with Gasteiger partial charge in [0.1, 0.15) is 6.04 Å². The molecule has 0 radical (unpaired) electrons. The number of methoxy groups -OCH3 is 1. The number of carbonyl (C=O) groups excluding carboxylic acids is 2. The van der Waals surface area contributed by atoms with Gasteiger partial charge in [0.15, 0.2) is 0 Å². The summed E-state index contributed by atoms with van der Waals surface area (Å²) >= 11 is 0. The van der Waals surface area contributed by atoms with Crippen molar-refractivity contribution in [2.75, 3.05) is 7.11 Å². The van der Waals surface area contributed by atoms with Crippen molar-refractivity contribution in [3.05, 3.63) is 0 Å². The molecule has 5 nitrogen and oxygen atoms in total. The number of esters is 1. The predicted octanol–water partition coefficient (Wildman–Crippen LogP) is -0.353. The molecular weight excluding hydrogens is 184 g/mol. The molecule has 0 heterocycles. The Labute approximate surface area is 84.0 Å². The molecule has 0 aliphatic rings. The number of rotatable bonds is 4. The number of nitrogens with two attached hydrogens (primary N) is 1. The molecule has 0 saturated heterocycles. The molecule has 3 N–H and O–H groups in total. The first kappa shape index (κ1) is 12.9. The lowest BCUT2D eigenvalue weighted by atomic mass is 10.0. The molecule has 1 unspecified atom stereocenters. The second-order valence-corrected chi connectivity index (χ2v) is 3.54. The van der Waals surface area contributed by atoms with Crippen LogP contribution in [0.5, 0.6) is 0 Å². The van der Waals surface area contributed by atoms with Gasteiger partial charge in [-0.2, -0.15) is 0 Å². The summed E-state index contributed by atoms with van der Waals surface area (Å²) in [5.74, 6) is -0.826. The molecule has 0 aromatic rings. The van der Waals surface area contributed by atoms with Crippen LogP contribution in [0.2, 0.25) is 0 Å².